The number of carboxylic acids is 1. The SMILES string of the molecule is C[C@H](N)C(=O)N[C@@H](C)C(=O)N[C@@]1(C(=O)O)CN(S(=O)(=O)NC2CNC2)C[C@@H]1CCCB(O)O. The van der Waals surface area contributed by atoms with Crippen molar-refractivity contribution in [2.45, 2.75) is 56.7 Å². The van der Waals surface area contributed by atoms with E-state index in [4.69, 9.17) is 15.8 Å². The predicted molar refractivity (Wildman–Crippen MR) is 118 cm³/mol. The molecule has 2 rings (SSSR count). The van der Waals surface area contributed by atoms with E-state index in [9.17, 15) is 27.9 Å². The summed E-state index contributed by atoms with van der Waals surface area (Å²) in [5, 5.41) is 36.1. The van der Waals surface area contributed by atoms with Crippen molar-refractivity contribution in [1.29, 1.82) is 0 Å². The van der Waals surface area contributed by atoms with Crippen LogP contribution in [0.2, 0.25) is 6.32 Å². The Morgan fingerprint density at radius 2 is 1.88 bits per heavy atom. The molecular formula is C17H33BN6O8S. The topological polar surface area (TPSA) is 223 Å². The van der Waals surface area contributed by atoms with E-state index in [2.05, 4.69) is 20.7 Å². The highest BCUT2D eigenvalue weighted by atomic mass is 32.2. The number of carboxylic acid groups (broad SMARTS) is 1. The van der Waals surface area contributed by atoms with Crippen LogP contribution in [0, 0.1) is 5.92 Å². The molecule has 9 N–H and O–H groups in total. The summed E-state index contributed by atoms with van der Waals surface area (Å²) >= 11 is 0. The molecule has 0 aliphatic carbocycles. The van der Waals surface area contributed by atoms with Gasteiger partial charge in [0.1, 0.15) is 6.04 Å². The standard InChI is InChI=1S/C17H33BN6O8S/c1-10(19)14(25)21-11(2)15(26)22-17(16(27)28)9-24(8-12(17)4-3-5-18(29)30)33(31,32)23-13-6-20-7-13/h10-13,20,23,29-30H,3-9,19H2,1-2H3,(H,21,25)(H,22,26)(H,27,28)/t10-,11-,12-,17-/m0/s1. The second-order valence-corrected chi connectivity index (χ2v) is 10.4. The minimum atomic E-state index is -4.04. The highest BCUT2D eigenvalue weighted by molar-refractivity contribution is 7.87. The lowest BCUT2D eigenvalue weighted by Crippen LogP contribution is -2.64. The average Bonchev–Trinajstić information content (AvgIpc) is 3.05. The van der Waals surface area contributed by atoms with Gasteiger partial charge in [-0.2, -0.15) is 17.4 Å². The van der Waals surface area contributed by atoms with Gasteiger partial charge in [0.05, 0.1) is 6.04 Å². The zero-order valence-electron chi connectivity index (χ0n) is 18.7. The molecule has 14 nitrogen and oxygen atoms in total. The Kier molecular flexibility index (Phi) is 9.20. The lowest BCUT2D eigenvalue weighted by atomic mass is 9.78. The number of amides is 2. The molecule has 16 heteroatoms. The first kappa shape index (κ1) is 27.4. The molecule has 4 atom stereocenters. The zero-order chi connectivity index (χ0) is 25.0. The summed E-state index contributed by atoms with van der Waals surface area (Å²) in [5.74, 6) is -3.71. The van der Waals surface area contributed by atoms with Gasteiger partial charge < -0.3 is 36.8 Å². The van der Waals surface area contributed by atoms with Crippen LogP contribution in [0.25, 0.3) is 0 Å². The maximum atomic E-state index is 12.8. The molecule has 188 valence electrons. The fourth-order valence-corrected chi connectivity index (χ4v) is 5.26. The number of carbonyl (C=O) groups is 3. The van der Waals surface area contributed by atoms with Crippen LogP contribution in [0.5, 0.6) is 0 Å². The van der Waals surface area contributed by atoms with Gasteiger partial charge in [0, 0.05) is 38.1 Å². The lowest BCUT2D eigenvalue weighted by Gasteiger charge is -2.33. The van der Waals surface area contributed by atoms with Crippen molar-refractivity contribution in [1.82, 2.24) is 25.0 Å². The molecule has 0 saturated carbocycles. The van der Waals surface area contributed by atoms with Crippen molar-refractivity contribution in [3.63, 3.8) is 0 Å². The first-order valence-corrected chi connectivity index (χ1v) is 12.2. The van der Waals surface area contributed by atoms with Crippen molar-refractivity contribution in [2.75, 3.05) is 26.2 Å². The van der Waals surface area contributed by atoms with Gasteiger partial charge in [-0.25, -0.2) is 4.79 Å². The van der Waals surface area contributed by atoms with Crippen molar-refractivity contribution in [3.8, 4) is 0 Å². The van der Waals surface area contributed by atoms with E-state index in [1.54, 1.807) is 0 Å². The summed E-state index contributed by atoms with van der Waals surface area (Å²) in [6.45, 7) is 2.96. The number of hydrogen-bond acceptors (Lipinski definition) is 9. The molecule has 0 radical (unpaired) electrons. The summed E-state index contributed by atoms with van der Waals surface area (Å²) < 4.78 is 29.2. The van der Waals surface area contributed by atoms with Gasteiger partial charge in [-0.05, 0) is 26.6 Å². The van der Waals surface area contributed by atoms with Gasteiger partial charge in [-0.15, -0.1) is 0 Å². The Labute approximate surface area is 193 Å². The van der Waals surface area contributed by atoms with Crippen LogP contribution in [0.3, 0.4) is 0 Å². The van der Waals surface area contributed by atoms with Gasteiger partial charge >= 0.3 is 13.1 Å². The minimum Gasteiger partial charge on any atom is -0.479 e. The quantitative estimate of drug-likeness (QED) is 0.123. The number of nitrogens with zero attached hydrogens (tertiary/aromatic N) is 1. The maximum Gasteiger partial charge on any atom is 0.451 e. The molecule has 0 bridgehead atoms. The fourth-order valence-electron chi connectivity index (χ4n) is 3.77. The maximum absolute atomic E-state index is 12.8. The number of rotatable bonds is 12. The van der Waals surface area contributed by atoms with Crippen LogP contribution >= 0.6 is 0 Å². The molecule has 2 saturated heterocycles. The second kappa shape index (κ2) is 11.1. The Morgan fingerprint density at radius 3 is 2.36 bits per heavy atom. The van der Waals surface area contributed by atoms with E-state index < -0.39 is 65.2 Å². The fraction of sp³-hybridized carbons (Fsp3) is 0.824. The van der Waals surface area contributed by atoms with Crippen molar-refractivity contribution < 1.29 is 38.0 Å². The lowest BCUT2D eigenvalue weighted by molar-refractivity contribution is -0.149. The molecule has 2 aliphatic rings. The van der Waals surface area contributed by atoms with Gasteiger partial charge in [0.15, 0.2) is 5.54 Å². The van der Waals surface area contributed by atoms with Crippen LogP contribution in [0.15, 0.2) is 0 Å². The van der Waals surface area contributed by atoms with E-state index in [1.807, 2.05) is 0 Å². The van der Waals surface area contributed by atoms with E-state index in [0.717, 1.165) is 4.31 Å². The van der Waals surface area contributed by atoms with E-state index in [-0.39, 0.29) is 31.7 Å². The van der Waals surface area contributed by atoms with Gasteiger partial charge in [0.2, 0.25) is 11.8 Å². The van der Waals surface area contributed by atoms with Crippen molar-refractivity contribution in [3.05, 3.63) is 0 Å². The third-order valence-electron chi connectivity index (χ3n) is 5.89. The average molecular weight is 492 g/mol. The summed E-state index contributed by atoms with van der Waals surface area (Å²) in [4.78, 5) is 37.0. The molecule has 0 spiro atoms. The molecule has 0 aromatic rings. The predicted octanol–water partition coefficient (Wildman–Crippen LogP) is -4.23. The van der Waals surface area contributed by atoms with Gasteiger partial charge in [-0.1, -0.05) is 6.42 Å². The monoisotopic (exact) mass is 492 g/mol. The highest BCUT2D eigenvalue weighted by Crippen LogP contribution is 2.34. The molecule has 33 heavy (non-hydrogen) atoms. The van der Waals surface area contributed by atoms with Crippen molar-refractivity contribution in [2.24, 2.45) is 11.7 Å². The minimum absolute atomic E-state index is 0.0419. The first-order chi connectivity index (χ1) is 15.3. The number of nitrogens with two attached hydrogens (primary N) is 1. The van der Waals surface area contributed by atoms with E-state index >= 15 is 0 Å². The molecule has 2 heterocycles. The Morgan fingerprint density at radius 1 is 1.24 bits per heavy atom. The smallest absolute Gasteiger partial charge is 0.451 e. The van der Waals surface area contributed by atoms with Gasteiger partial charge in [-0.3, -0.25) is 9.59 Å². The summed E-state index contributed by atoms with van der Waals surface area (Å²) in [7, 11) is -5.64. The highest BCUT2D eigenvalue weighted by Gasteiger charge is 2.56. The molecule has 0 aromatic heterocycles. The van der Waals surface area contributed by atoms with Crippen LogP contribution in [0.4, 0.5) is 0 Å². The van der Waals surface area contributed by atoms with Crippen LogP contribution < -0.4 is 26.4 Å². The largest absolute Gasteiger partial charge is 0.479 e. The van der Waals surface area contributed by atoms with Crippen LogP contribution in [0.1, 0.15) is 26.7 Å². The van der Waals surface area contributed by atoms with Gasteiger partial charge in [0.25, 0.3) is 10.2 Å². The Hall–Kier alpha value is -1.82. The summed E-state index contributed by atoms with van der Waals surface area (Å²) in [5.41, 5.74) is 3.51. The zero-order valence-corrected chi connectivity index (χ0v) is 19.5. The molecule has 0 aromatic carbocycles. The molecule has 2 aliphatic heterocycles. The second-order valence-electron chi connectivity index (χ2n) is 8.66. The van der Waals surface area contributed by atoms with Crippen molar-refractivity contribution >= 4 is 35.1 Å². The van der Waals surface area contributed by atoms with E-state index in [1.165, 1.54) is 13.8 Å². The number of nitrogens with one attached hydrogen (secondary N) is 4. The number of aliphatic carboxylic acids is 1. The summed E-state index contributed by atoms with van der Waals surface area (Å²) in [6, 6.07) is -2.32. The molecule has 2 amide bonds. The molecular weight excluding hydrogens is 459 g/mol. The Balaban J connectivity index is 2.25. The molecule has 0 unspecified atom stereocenters. The number of carbonyl (C=O) groups excluding carboxylic acids is 2. The van der Waals surface area contributed by atoms with Crippen LogP contribution in [-0.4, -0.2) is 103 Å². The third kappa shape index (κ3) is 6.85. The molecule has 2 fully saturated rings. The van der Waals surface area contributed by atoms with Crippen LogP contribution in [-0.2, 0) is 24.6 Å². The normalized spacial score (nSPS) is 25.7. The first-order valence-electron chi connectivity index (χ1n) is 10.7. The third-order valence-corrected chi connectivity index (χ3v) is 7.48. The Bertz CT molecular complexity index is 839. The summed E-state index contributed by atoms with van der Waals surface area (Å²) in [6.07, 6.45) is 0.263. The van der Waals surface area contributed by atoms with E-state index in [0.29, 0.717) is 13.1 Å². The number of hydrogen-bond donors (Lipinski definition) is 8.